The summed E-state index contributed by atoms with van der Waals surface area (Å²) >= 11 is 2.35. The average molecular weight is 578 g/mol. The van der Waals surface area contributed by atoms with Gasteiger partial charge in [-0.2, -0.15) is 0 Å². The van der Waals surface area contributed by atoms with E-state index in [1.807, 2.05) is 48.0 Å². The third kappa shape index (κ3) is 4.20. The second-order valence-electron chi connectivity index (χ2n) is 8.75. The lowest BCUT2D eigenvalue weighted by Gasteiger charge is -2.10. The first-order valence-electron chi connectivity index (χ1n) is 11.7. The van der Waals surface area contributed by atoms with E-state index in [2.05, 4.69) is 70.6 Å². The maximum absolute atomic E-state index is 12.3. The minimum atomic E-state index is -0.903. The van der Waals surface area contributed by atoms with E-state index in [1.165, 1.54) is 5.56 Å². The summed E-state index contributed by atoms with van der Waals surface area (Å²) in [7, 11) is 1.85. The van der Waals surface area contributed by atoms with Gasteiger partial charge >= 0.3 is 5.97 Å². The van der Waals surface area contributed by atoms with Crippen LogP contribution in [0.25, 0.3) is 32.9 Å². The Kier molecular flexibility index (Phi) is 6.56. The number of aromatic nitrogens is 2. The van der Waals surface area contributed by atoms with Crippen molar-refractivity contribution >= 4 is 50.4 Å². The number of rotatable bonds is 8. The van der Waals surface area contributed by atoms with Crippen molar-refractivity contribution in [3.63, 3.8) is 0 Å². The molecule has 0 fully saturated rings. The fourth-order valence-electron chi connectivity index (χ4n) is 5.06. The van der Waals surface area contributed by atoms with E-state index in [0.29, 0.717) is 18.7 Å². The van der Waals surface area contributed by atoms with Gasteiger partial charge in [0.25, 0.3) is 0 Å². The molecule has 0 atom stereocenters. The van der Waals surface area contributed by atoms with Gasteiger partial charge in [-0.25, -0.2) is 4.79 Å². The molecule has 6 heteroatoms. The number of halogens is 1. The van der Waals surface area contributed by atoms with Crippen LogP contribution < -0.4 is 4.74 Å². The van der Waals surface area contributed by atoms with Crippen molar-refractivity contribution in [2.24, 2.45) is 7.05 Å². The molecule has 0 aliphatic heterocycles. The summed E-state index contributed by atoms with van der Waals surface area (Å²) in [5.74, 6) is -0.0374. The highest BCUT2D eigenvalue weighted by atomic mass is 127. The fraction of sp³-hybridized carbons (Fsp3) is 0.207. The standard InChI is InChI=1S/C29H27IN2O3/c1-19-8-3-4-9-20(19)21-10-5-11-22-23(28(29(33)34)31(2)27(21)22)12-7-17-35-26-14-6-13-25-24(26)15-16-32(25)18-30/h3-6,8-11,13-16H,7,12,17-18H2,1-2H3,(H,33,34). The van der Waals surface area contributed by atoms with Crippen LogP contribution in [0.15, 0.2) is 72.9 Å². The molecule has 0 saturated carbocycles. The van der Waals surface area contributed by atoms with Gasteiger partial charge < -0.3 is 19.0 Å². The Morgan fingerprint density at radius 2 is 1.74 bits per heavy atom. The number of benzene rings is 3. The molecule has 0 aliphatic carbocycles. The van der Waals surface area contributed by atoms with Crippen LogP contribution in [0.5, 0.6) is 5.75 Å². The highest BCUT2D eigenvalue weighted by Crippen LogP contribution is 2.36. The number of aryl methyl sites for hydroxylation is 3. The predicted octanol–water partition coefficient (Wildman–Crippen LogP) is 7.21. The van der Waals surface area contributed by atoms with E-state index in [0.717, 1.165) is 55.2 Å². The van der Waals surface area contributed by atoms with E-state index in [9.17, 15) is 9.90 Å². The van der Waals surface area contributed by atoms with E-state index >= 15 is 0 Å². The van der Waals surface area contributed by atoms with Crippen LogP contribution in [0.1, 0.15) is 28.0 Å². The summed E-state index contributed by atoms with van der Waals surface area (Å²) in [5.41, 5.74) is 6.67. The Hall–Kier alpha value is -3.26. The monoisotopic (exact) mass is 578 g/mol. The zero-order valence-corrected chi connectivity index (χ0v) is 22.0. The number of nitrogens with zero attached hydrogens (tertiary/aromatic N) is 2. The smallest absolute Gasteiger partial charge is 0.352 e. The van der Waals surface area contributed by atoms with Gasteiger partial charge in [0.15, 0.2) is 0 Å². The molecule has 0 unspecified atom stereocenters. The zero-order valence-electron chi connectivity index (χ0n) is 19.8. The fourth-order valence-corrected chi connectivity index (χ4v) is 5.66. The molecule has 0 bridgehead atoms. The first kappa shape index (κ1) is 23.5. The molecule has 0 spiro atoms. The Bertz CT molecular complexity index is 1550. The Morgan fingerprint density at radius 3 is 2.51 bits per heavy atom. The Balaban J connectivity index is 1.44. The Labute approximate surface area is 218 Å². The highest BCUT2D eigenvalue weighted by Gasteiger charge is 2.22. The maximum Gasteiger partial charge on any atom is 0.352 e. The molecule has 0 amide bonds. The first-order valence-corrected chi connectivity index (χ1v) is 13.2. The second kappa shape index (κ2) is 9.77. The number of hydrogen-bond acceptors (Lipinski definition) is 2. The second-order valence-corrected chi connectivity index (χ2v) is 9.44. The van der Waals surface area contributed by atoms with Crippen molar-refractivity contribution in [1.29, 1.82) is 0 Å². The van der Waals surface area contributed by atoms with Gasteiger partial charge in [0.1, 0.15) is 11.4 Å². The molecule has 35 heavy (non-hydrogen) atoms. The molecule has 2 aromatic heterocycles. The topological polar surface area (TPSA) is 56.4 Å². The highest BCUT2D eigenvalue weighted by molar-refractivity contribution is 14.1. The van der Waals surface area contributed by atoms with Crippen molar-refractivity contribution in [2.45, 2.75) is 24.3 Å². The summed E-state index contributed by atoms with van der Waals surface area (Å²) in [4.78, 5) is 12.3. The van der Waals surface area contributed by atoms with Crippen LogP contribution in [-0.4, -0.2) is 26.8 Å². The van der Waals surface area contributed by atoms with Gasteiger partial charge in [0.2, 0.25) is 0 Å². The molecule has 1 N–H and O–H groups in total. The number of fused-ring (bicyclic) bond motifs is 2. The quantitative estimate of drug-likeness (QED) is 0.120. The average Bonchev–Trinajstić information content (AvgIpc) is 3.41. The number of aromatic carboxylic acids is 1. The molecule has 5 rings (SSSR count). The van der Waals surface area contributed by atoms with Crippen molar-refractivity contribution in [1.82, 2.24) is 9.13 Å². The number of para-hydroxylation sites is 1. The van der Waals surface area contributed by atoms with Gasteiger partial charge in [0, 0.05) is 29.6 Å². The van der Waals surface area contributed by atoms with Crippen LogP contribution >= 0.6 is 22.6 Å². The maximum atomic E-state index is 12.3. The summed E-state index contributed by atoms with van der Waals surface area (Å²) in [5, 5.41) is 12.2. The molecule has 0 aliphatic rings. The zero-order chi connectivity index (χ0) is 24.5. The van der Waals surface area contributed by atoms with E-state index in [4.69, 9.17) is 4.74 Å². The van der Waals surface area contributed by atoms with Crippen LogP contribution in [0.3, 0.4) is 0 Å². The summed E-state index contributed by atoms with van der Waals surface area (Å²) in [6.07, 6.45) is 3.42. The third-order valence-corrected chi connectivity index (χ3v) is 7.42. The number of alkyl halides is 1. The molecule has 0 saturated heterocycles. The molecule has 5 aromatic rings. The number of hydrogen-bond donors (Lipinski definition) is 1. The minimum Gasteiger partial charge on any atom is -0.493 e. The number of carboxylic acid groups (broad SMARTS) is 1. The predicted molar refractivity (Wildman–Crippen MR) is 150 cm³/mol. The number of ether oxygens (including phenoxy) is 1. The van der Waals surface area contributed by atoms with E-state index in [1.54, 1.807) is 0 Å². The minimum absolute atomic E-state index is 0.349. The van der Waals surface area contributed by atoms with Crippen molar-refractivity contribution in [3.8, 4) is 16.9 Å². The Morgan fingerprint density at radius 1 is 0.971 bits per heavy atom. The summed E-state index contributed by atoms with van der Waals surface area (Å²) in [6, 6.07) is 22.6. The molecule has 178 valence electrons. The number of carbonyl (C=O) groups is 1. The molecule has 0 radical (unpaired) electrons. The van der Waals surface area contributed by atoms with Gasteiger partial charge in [0.05, 0.1) is 22.2 Å². The molecule has 2 heterocycles. The summed E-state index contributed by atoms with van der Waals surface area (Å²) < 4.78 is 11.1. The van der Waals surface area contributed by atoms with Gasteiger partial charge in [-0.05, 0) is 54.7 Å². The molecular formula is C29H27IN2O3. The van der Waals surface area contributed by atoms with Gasteiger partial charge in [-0.3, -0.25) is 0 Å². The summed E-state index contributed by atoms with van der Waals surface area (Å²) in [6.45, 7) is 2.60. The lowest BCUT2D eigenvalue weighted by atomic mass is 9.97. The SMILES string of the molecule is Cc1ccccc1-c1cccc2c(CCCOc3cccc4c3ccn4CI)c(C(=O)O)n(C)c12. The normalized spacial score (nSPS) is 11.4. The van der Waals surface area contributed by atoms with Crippen LogP contribution in [-0.2, 0) is 18.0 Å². The van der Waals surface area contributed by atoms with Crippen molar-refractivity contribution in [3.05, 3.63) is 89.7 Å². The van der Waals surface area contributed by atoms with Gasteiger partial charge in [-0.1, -0.05) is 71.1 Å². The number of carboxylic acids is 1. The van der Waals surface area contributed by atoms with Gasteiger partial charge in [-0.15, -0.1) is 0 Å². The van der Waals surface area contributed by atoms with Crippen molar-refractivity contribution in [2.75, 3.05) is 6.61 Å². The van der Waals surface area contributed by atoms with E-state index < -0.39 is 5.97 Å². The van der Waals surface area contributed by atoms with Crippen LogP contribution in [0.4, 0.5) is 0 Å². The van der Waals surface area contributed by atoms with Crippen molar-refractivity contribution < 1.29 is 14.6 Å². The van der Waals surface area contributed by atoms with Crippen LogP contribution in [0.2, 0.25) is 0 Å². The molecule has 3 aromatic carbocycles. The first-order chi connectivity index (χ1) is 17.0. The molecular weight excluding hydrogens is 551 g/mol. The lowest BCUT2D eigenvalue weighted by molar-refractivity contribution is 0.0685. The molecule has 5 nitrogen and oxygen atoms in total. The van der Waals surface area contributed by atoms with E-state index in [-0.39, 0.29) is 0 Å². The third-order valence-electron chi connectivity index (χ3n) is 6.69. The lowest BCUT2D eigenvalue weighted by Crippen LogP contribution is -2.08. The van der Waals surface area contributed by atoms with Crippen LogP contribution in [0, 0.1) is 6.92 Å². The largest absolute Gasteiger partial charge is 0.493 e.